The number of aliphatic hydroxyl groups excluding tert-OH is 9. The van der Waals surface area contributed by atoms with Crippen LogP contribution in [-0.4, -0.2) is 169 Å². The van der Waals surface area contributed by atoms with Crippen LogP contribution in [0.1, 0.15) is 45.4 Å². The molecule has 2 saturated carbocycles. The summed E-state index contributed by atoms with van der Waals surface area (Å²) in [5.41, 5.74) is 0. The first-order valence-corrected chi connectivity index (χ1v) is 15.3. The Morgan fingerprint density at radius 3 is 2.09 bits per heavy atom. The number of aliphatic hydroxyl groups is 11. The van der Waals surface area contributed by atoms with Crippen molar-refractivity contribution in [2.45, 2.75) is 150 Å². The van der Waals surface area contributed by atoms with Gasteiger partial charge in [0, 0.05) is 25.9 Å². The molecule has 2 aliphatic carbocycles. The SMILES string of the molecule is COC1CC(O)C2CC(OC3OC(COC4OC(C)C(O)C(O)C4O)C(O)C(O)C3O)C(C3CCC(O)C(O)C3)[OH+]C2C1. The van der Waals surface area contributed by atoms with Gasteiger partial charge in [-0.25, -0.2) is 0 Å². The summed E-state index contributed by atoms with van der Waals surface area (Å²) in [6, 6.07) is 0. The molecule has 0 aromatic heterocycles. The van der Waals surface area contributed by atoms with Crippen LogP contribution in [0.2, 0.25) is 0 Å². The molecule has 250 valence electrons. The highest BCUT2D eigenvalue weighted by Crippen LogP contribution is 2.42. The molecule has 0 aromatic carbocycles. The normalized spacial score (nSPS) is 54.6. The van der Waals surface area contributed by atoms with Gasteiger partial charge in [-0.05, 0) is 32.6 Å². The van der Waals surface area contributed by atoms with Crippen molar-refractivity contribution in [3.05, 3.63) is 0 Å². The number of methoxy groups -OCH3 is 1. The molecule has 15 heteroatoms. The van der Waals surface area contributed by atoms with E-state index in [1.165, 1.54) is 6.92 Å². The molecule has 10 N–H and O–H groups in total. The summed E-state index contributed by atoms with van der Waals surface area (Å²) in [6.45, 7) is 1.07. The number of rotatable bonds is 7. The number of hydrogen-bond donors (Lipinski definition) is 9. The zero-order chi connectivity index (χ0) is 31.2. The van der Waals surface area contributed by atoms with Gasteiger partial charge < -0.3 is 74.4 Å². The van der Waals surface area contributed by atoms with Crippen LogP contribution in [0, 0.1) is 11.8 Å². The molecule has 5 fully saturated rings. The Morgan fingerprint density at radius 2 is 1.40 bits per heavy atom. The zero-order valence-corrected chi connectivity index (χ0v) is 24.4. The van der Waals surface area contributed by atoms with Crippen LogP contribution in [0.4, 0.5) is 0 Å². The quantitative estimate of drug-likeness (QED) is 0.123. The predicted molar refractivity (Wildman–Crippen MR) is 143 cm³/mol. The summed E-state index contributed by atoms with van der Waals surface area (Å²) in [6.07, 6.45) is -15.6. The molecule has 19 unspecified atom stereocenters. The van der Waals surface area contributed by atoms with Crippen molar-refractivity contribution in [1.82, 2.24) is 0 Å². The number of fused-ring (bicyclic) bond motifs is 1. The Hall–Kier alpha value is -0.600. The lowest BCUT2D eigenvalue weighted by Crippen LogP contribution is -2.63. The minimum atomic E-state index is -1.68. The molecule has 3 aliphatic heterocycles. The van der Waals surface area contributed by atoms with Crippen molar-refractivity contribution in [3.63, 3.8) is 0 Å². The van der Waals surface area contributed by atoms with E-state index in [0.717, 1.165) is 0 Å². The third kappa shape index (κ3) is 7.06. The highest BCUT2D eigenvalue weighted by molar-refractivity contribution is 4.98. The van der Waals surface area contributed by atoms with Crippen molar-refractivity contribution < 1.29 is 74.4 Å². The van der Waals surface area contributed by atoms with E-state index >= 15 is 0 Å². The molecule has 15 nitrogen and oxygen atoms in total. The molecule has 3 saturated heterocycles. The van der Waals surface area contributed by atoms with Gasteiger partial charge in [-0.1, -0.05) is 0 Å². The summed E-state index contributed by atoms with van der Waals surface area (Å²) in [4.78, 5) is 0. The maximum absolute atomic E-state index is 10.9. The molecule has 3 heterocycles. The van der Waals surface area contributed by atoms with Crippen molar-refractivity contribution >= 4 is 0 Å². The van der Waals surface area contributed by atoms with Crippen molar-refractivity contribution in [2.24, 2.45) is 11.8 Å². The minimum absolute atomic E-state index is 0.156. The molecule has 0 radical (unpaired) electrons. The molecule has 5 aliphatic rings. The predicted octanol–water partition coefficient (Wildman–Crippen LogP) is -4.00. The van der Waals surface area contributed by atoms with Crippen LogP contribution < -0.4 is 0 Å². The lowest BCUT2D eigenvalue weighted by molar-refractivity contribution is -0.362. The first-order chi connectivity index (χ1) is 20.4. The van der Waals surface area contributed by atoms with Gasteiger partial charge in [-0.2, -0.15) is 0 Å². The molecule has 5 rings (SSSR count). The molecule has 0 aromatic rings. The second-order valence-corrected chi connectivity index (χ2v) is 12.9. The van der Waals surface area contributed by atoms with Gasteiger partial charge in [-0.15, -0.1) is 0 Å². The van der Waals surface area contributed by atoms with E-state index < -0.39 is 98.5 Å². The Labute approximate surface area is 249 Å². The van der Waals surface area contributed by atoms with E-state index in [9.17, 15) is 46.0 Å². The fraction of sp³-hybridized carbons (Fsp3) is 1.00. The van der Waals surface area contributed by atoms with Crippen LogP contribution in [0.15, 0.2) is 0 Å². The van der Waals surface area contributed by atoms with E-state index in [0.29, 0.717) is 32.1 Å². The lowest BCUT2D eigenvalue weighted by atomic mass is 9.72. The van der Waals surface area contributed by atoms with Crippen molar-refractivity contribution in [1.29, 1.82) is 0 Å². The van der Waals surface area contributed by atoms with Crippen LogP contribution >= 0.6 is 0 Å². The Morgan fingerprint density at radius 1 is 0.698 bits per heavy atom. The summed E-state index contributed by atoms with van der Waals surface area (Å²) in [5, 5.41) is 93.9. The van der Waals surface area contributed by atoms with E-state index in [-0.39, 0.29) is 30.5 Å². The summed E-state index contributed by atoms with van der Waals surface area (Å²) in [7, 11) is 1.59. The lowest BCUT2D eigenvalue weighted by Gasteiger charge is -2.48. The fourth-order valence-corrected chi connectivity index (χ4v) is 7.36. The topological polar surface area (TPSA) is 241 Å². The maximum Gasteiger partial charge on any atom is 0.187 e. The average Bonchev–Trinajstić information content (AvgIpc) is 2.99. The monoisotopic (exact) mass is 625 g/mol. The second-order valence-electron chi connectivity index (χ2n) is 12.9. The highest BCUT2D eigenvalue weighted by atomic mass is 16.7. The molecule has 19 atom stereocenters. The van der Waals surface area contributed by atoms with Crippen LogP contribution in [0.25, 0.3) is 0 Å². The van der Waals surface area contributed by atoms with Crippen molar-refractivity contribution in [2.75, 3.05) is 13.7 Å². The van der Waals surface area contributed by atoms with Gasteiger partial charge in [0.1, 0.15) is 48.8 Å². The van der Waals surface area contributed by atoms with Gasteiger partial charge in [0.15, 0.2) is 24.8 Å². The minimum Gasteiger partial charge on any atom is -0.427 e. The number of hydrogen-bond acceptors (Lipinski definition) is 14. The first-order valence-electron chi connectivity index (χ1n) is 15.3. The largest absolute Gasteiger partial charge is 0.427 e. The Bertz CT molecular complexity index is 898. The molecule has 0 amide bonds. The Kier molecular flexibility index (Phi) is 11.0. The van der Waals surface area contributed by atoms with E-state index in [2.05, 4.69) is 0 Å². The molecule has 0 spiro atoms. The van der Waals surface area contributed by atoms with Gasteiger partial charge in [0.25, 0.3) is 0 Å². The number of ether oxygens (including phenoxy) is 6. The van der Waals surface area contributed by atoms with Crippen LogP contribution in [0.3, 0.4) is 0 Å². The standard InChI is InChI=1S/C28H48O15/c1-10-20(32)22(34)24(36)27(40-10)39-9-19-21(33)23(35)25(37)28(43-19)42-18-8-13-15(30)6-12(38-2)7-17(13)41-26(18)11-3-4-14(29)16(31)5-11/h10-37H,3-9H2,1-2H3/p+1. The van der Waals surface area contributed by atoms with Gasteiger partial charge in [0.05, 0.1) is 43.0 Å². The van der Waals surface area contributed by atoms with E-state index in [1.807, 2.05) is 0 Å². The maximum atomic E-state index is 10.9. The zero-order valence-electron chi connectivity index (χ0n) is 24.4. The highest BCUT2D eigenvalue weighted by Gasteiger charge is 2.55. The van der Waals surface area contributed by atoms with Crippen molar-refractivity contribution in [3.8, 4) is 0 Å². The van der Waals surface area contributed by atoms with E-state index in [1.54, 1.807) is 7.11 Å². The van der Waals surface area contributed by atoms with Crippen LogP contribution in [0.5, 0.6) is 0 Å². The Balaban J connectivity index is 1.29. The van der Waals surface area contributed by atoms with Gasteiger partial charge in [-0.3, -0.25) is 0 Å². The van der Waals surface area contributed by atoms with E-state index in [4.69, 9.17) is 28.4 Å². The smallest absolute Gasteiger partial charge is 0.187 e. The molecule has 0 bridgehead atoms. The van der Waals surface area contributed by atoms with Gasteiger partial charge in [0.2, 0.25) is 0 Å². The third-order valence-corrected chi connectivity index (χ3v) is 10.1. The average molecular weight is 626 g/mol. The summed E-state index contributed by atoms with van der Waals surface area (Å²) >= 11 is 0. The summed E-state index contributed by atoms with van der Waals surface area (Å²) in [5.74, 6) is -0.413. The second kappa shape index (κ2) is 14.0. The summed E-state index contributed by atoms with van der Waals surface area (Å²) < 4.78 is 33.8. The molecular formula is C28H49O15+. The van der Waals surface area contributed by atoms with Gasteiger partial charge >= 0.3 is 0 Å². The third-order valence-electron chi connectivity index (χ3n) is 10.1. The first kappa shape index (κ1) is 33.8. The molecule has 43 heavy (non-hydrogen) atoms. The van der Waals surface area contributed by atoms with Crippen LogP contribution in [-0.2, 0) is 23.7 Å². The molecular weight excluding hydrogens is 576 g/mol. The fourth-order valence-electron chi connectivity index (χ4n) is 7.36.